The molecule has 34 heavy (non-hydrogen) atoms. The number of morpholine rings is 1. The van der Waals surface area contributed by atoms with Gasteiger partial charge in [-0.25, -0.2) is 14.4 Å². The van der Waals surface area contributed by atoms with Crippen LogP contribution in [0.2, 0.25) is 0 Å². The Kier molecular flexibility index (Phi) is 4.88. The van der Waals surface area contributed by atoms with Crippen molar-refractivity contribution in [2.75, 3.05) is 37.8 Å². The predicted molar refractivity (Wildman–Crippen MR) is 122 cm³/mol. The van der Waals surface area contributed by atoms with Gasteiger partial charge in [-0.05, 0) is 35.9 Å². The van der Waals surface area contributed by atoms with Crippen molar-refractivity contribution in [3.63, 3.8) is 0 Å². The summed E-state index contributed by atoms with van der Waals surface area (Å²) in [7, 11) is 0. The lowest BCUT2D eigenvalue weighted by atomic mass is 9.76. The zero-order valence-electron chi connectivity index (χ0n) is 18.3. The maximum absolute atomic E-state index is 15.5. The number of anilines is 1. The van der Waals surface area contributed by atoms with Crippen molar-refractivity contribution in [3.8, 4) is 22.6 Å². The molecular weight excluding hydrogens is 442 g/mol. The van der Waals surface area contributed by atoms with E-state index in [2.05, 4.69) is 9.88 Å². The van der Waals surface area contributed by atoms with E-state index in [9.17, 15) is 4.39 Å². The van der Waals surface area contributed by atoms with Crippen LogP contribution < -0.4 is 15.4 Å². The number of rotatable bonds is 2. The third-order valence-electron chi connectivity index (χ3n) is 6.57. The molecule has 3 aromatic rings. The van der Waals surface area contributed by atoms with Gasteiger partial charge in [0.2, 0.25) is 5.95 Å². The normalized spacial score (nSPS) is 21.2. The molecule has 0 amide bonds. The first-order valence-corrected chi connectivity index (χ1v) is 11.1. The van der Waals surface area contributed by atoms with Gasteiger partial charge in [0.25, 0.3) is 6.02 Å². The Balaban J connectivity index is 1.56. The molecule has 0 aliphatic carbocycles. The molecule has 2 N–H and O–H groups in total. The first kappa shape index (κ1) is 20.9. The van der Waals surface area contributed by atoms with Crippen molar-refractivity contribution in [3.05, 3.63) is 71.6 Å². The largest absolute Gasteiger partial charge is 0.465 e. The Hall–Kier alpha value is -3.72. The Morgan fingerprint density at radius 1 is 1.00 bits per heavy atom. The van der Waals surface area contributed by atoms with Gasteiger partial charge >= 0.3 is 0 Å². The molecule has 1 unspecified atom stereocenters. The van der Waals surface area contributed by atoms with Crippen LogP contribution >= 0.6 is 0 Å². The summed E-state index contributed by atoms with van der Waals surface area (Å²) in [6.07, 6.45) is 1.82. The number of ether oxygens (including phenoxy) is 3. The van der Waals surface area contributed by atoms with E-state index in [0.29, 0.717) is 67.3 Å². The van der Waals surface area contributed by atoms with Crippen LogP contribution in [0.25, 0.3) is 11.1 Å². The molecule has 6 rings (SSSR count). The van der Waals surface area contributed by atoms with Crippen LogP contribution in [-0.2, 0) is 15.0 Å². The van der Waals surface area contributed by atoms with Crippen LogP contribution in [0.1, 0.15) is 17.5 Å². The number of fused-ring (bicyclic) bond motifs is 4. The maximum Gasteiger partial charge on any atom is 0.283 e. The van der Waals surface area contributed by atoms with E-state index in [0.717, 1.165) is 5.69 Å². The number of aliphatic imine (C=N–C) groups is 1. The van der Waals surface area contributed by atoms with Crippen molar-refractivity contribution in [2.24, 2.45) is 10.7 Å². The molecule has 3 aliphatic rings. The van der Waals surface area contributed by atoms with Crippen molar-refractivity contribution in [1.82, 2.24) is 4.98 Å². The number of aromatic nitrogens is 1. The van der Waals surface area contributed by atoms with Gasteiger partial charge < -0.3 is 24.8 Å². The number of nitrogens with zero attached hydrogens (tertiary/aromatic N) is 3. The van der Waals surface area contributed by atoms with Crippen LogP contribution in [0.4, 0.5) is 14.5 Å². The Morgan fingerprint density at radius 3 is 2.65 bits per heavy atom. The minimum atomic E-state index is -1.04. The van der Waals surface area contributed by atoms with Crippen molar-refractivity contribution in [2.45, 2.75) is 12.0 Å². The highest BCUT2D eigenvalue weighted by Crippen LogP contribution is 2.54. The summed E-state index contributed by atoms with van der Waals surface area (Å²) in [6.45, 7) is 2.75. The SMILES string of the molecule is NC1=NC2(CCO1)c1cc(-c3cccnc3F)ccc1Oc1c(F)cc(N3CCOCC3)cc12. The molecule has 0 bridgehead atoms. The molecule has 4 heterocycles. The second-order valence-corrected chi connectivity index (χ2v) is 8.47. The van der Waals surface area contributed by atoms with Crippen molar-refractivity contribution < 1.29 is 23.0 Å². The number of benzene rings is 2. The monoisotopic (exact) mass is 464 g/mol. The van der Waals surface area contributed by atoms with Gasteiger partial charge in [-0.15, -0.1) is 0 Å². The molecule has 2 aromatic carbocycles. The van der Waals surface area contributed by atoms with E-state index in [4.69, 9.17) is 24.9 Å². The third-order valence-corrected chi connectivity index (χ3v) is 6.57. The molecule has 1 saturated heterocycles. The summed E-state index contributed by atoms with van der Waals surface area (Å²) >= 11 is 0. The van der Waals surface area contributed by atoms with Gasteiger partial charge in [-0.3, -0.25) is 0 Å². The molecule has 9 heteroatoms. The van der Waals surface area contributed by atoms with Crippen molar-refractivity contribution in [1.29, 1.82) is 0 Å². The Labute approximate surface area is 194 Å². The zero-order valence-corrected chi connectivity index (χ0v) is 18.3. The molecular formula is C25H22F2N4O3. The fourth-order valence-corrected chi connectivity index (χ4v) is 4.93. The smallest absolute Gasteiger partial charge is 0.283 e. The summed E-state index contributed by atoms with van der Waals surface area (Å²) < 4.78 is 46.9. The molecule has 0 saturated carbocycles. The fourth-order valence-electron chi connectivity index (χ4n) is 4.93. The number of nitrogens with two attached hydrogens (primary N) is 1. The minimum absolute atomic E-state index is 0.0141. The number of amidine groups is 1. The number of halogens is 2. The summed E-state index contributed by atoms with van der Waals surface area (Å²) in [6, 6.07) is 12.0. The van der Waals surface area contributed by atoms with Crippen LogP contribution in [0.3, 0.4) is 0 Å². The Morgan fingerprint density at radius 2 is 1.85 bits per heavy atom. The van der Waals surface area contributed by atoms with E-state index >= 15 is 4.39 Å². The highest BCUT2D eigenvalue weighted by molar-refractivity contribution is 5.77. The first-order chi connectivity index (χ1) is 16.5. The molecule has 1 atom stereocenters. The molecule has 3 aliphatic heterocycles. The number of pyridine rings is 1. The van der Waals surface area contributed by atoms with Gasteiger partial charge in [-0.1, -0.05) is 6.07 Å². The van der Waals surface area contributed by atoms with E-state index in [1.54, 1.807) is 24.3 Å². The average molecular weight is 464 g/mol. The number of hydrogen-bond acceptors (Lipinski definition) is 7. The highest BCUT2D eigenvalue weighted by Gasteiger charge is 2.46. The molecule has 174 valence electrons. The topological polar surface area (TPSA) is 82.2 Å². The van der Waals surface area contributed by atoms with Crippen LogP contribution in [-0.4, -0.2) is 43.9 Å². The minimum Gasteiger partial charge on any atom is -0.465 e. The van der Waals surface area contributed by atoms with E-state index < -0.39 is 17.3 Å². The molecule has 0 radical (unpaired) electrons. The fraction of sp³-hybridized carbons (Fsp3) is 0.280. The standard InChI is InChI=1S/C25H22F2N4O3/c26-20-14-16(31-7-10-32-11-8-31)13-19-22(20)34-21-4-3-15(17-2-1-6-29-23(17)27)12-18(21)25(19)5-9-33-24(28)30-25/h1-4,6,12-14H,5,7-11H2,(H2,28,30). The van der Waals surface area contributed by atoms with Gasteiger partial charge in [-0.2, -0.15) is 4.39 Å². The lowest BCUT2D eigenvalue weighted by Gasteiger charge is -2.40. The lowest BCUT2D eigenvalue weighted by molar-refractivity contribution is 0.122. The molecule has 1 spiro atoms. The highest BCUT2D eigenvalue weighted by atomic mass is 19.1. The molecule has 1 fully saturated rings. The summed E-state index contributed by atoms with van der Waals surface area (Å²) in [5.74, 6) is -0.504. The number of hydrogen-bond donors (Lipinski definition) is 1. The van der Waals surface area contributed by atoms with Gasteiger partial charge in [0, 0.05) is 54.2 Å². The van der Waals surface area contributed by atoms with Crippen LogP contribution in [0.5, 0.6) is 11.5 Å². The third kappa shape index (κ3) is 3.27. The van der Waals surface area contributed by atoms with Gasteiger partial charge in [0.1, 0.15) is 11.3 Å². The summed E-state index contributed by atoms with van der Waals surface area (Å²) in [5.41, 5.74) is 7.93. The second kappa shape index (κ2) is 7.95. The van der Waals surface area contributed by atoms with Crippen LogP contribution in [0, 0.1) is 11.8 Å². The maximum atomic E-state index is 15.5. The quantitative estimate of drug-likeness (QED) is 0.579. The lowest BCUT2D eigenvalue weighted by Crippen LogP contribution is -2.40. The van der Waals surface area contributed by atoms with E-state index in [1.165, 1.54) is 12.3 Å². The first-order valence-electron chi connectivity index (χ1n) is 11.1. The van der Waals surface area contributed by atoms with E-state index in [1.807, 2.05) is 12.1 Å². The summed E-state index contributed by atoms with van der Waals surface area (Å²) in [5, 5.41) is 0. The Bertz CT molecular complexity index is 1310. The van der Waals surface area contributed by atoms with Gasteiger partial charge in [0.15, 0.2) is 11.6 Å². The zero-order chi connectivity index (χ0) is 23.3. The van der Waals surface area contributed by atoms with Crippen LogP contribution in [0.15, 0.2) is 53.7 Å². The second-order valence-electron chi connectivity index (χ2n) is 8.47. The average Bonchev–Trinajstić information content (AvgIpc) is 2.86. The van der Waals surface area contributed by atoms with E-state index in [-0.39, 0.29) is 11.8 Å². The predicted octanol–water partition coefficient (Wildman–Crippen LogP) is 3.95. The van der Waals surface area contributed by atoms with Gasteiger partial charge in [0.05, 0.1) is 19.8 Å². The summed E-state index contributed by atoms with van der Waals surface area (Å²) in [4.78, 5) is 10.6. The molecule has 1 aromatic heterocycles. The molecule has 7 nitrogen and oxygen atoms in total. The van der Waals surface area contributed by atoms with Crippen molar-refractivity contribution >= 4 is 11.7 Å².